The molecule has 0 saturated carbocycles. The van der Waals surface area contributed by atoms with Crippen molar-refractivity contribution in [3.63, 3.8) is 0 Å². The van der Waals surface area contributed by atoms with Gasteiger partial charge in [0, 0.05) is 36.7 Å². The molecule has 0 radical (unpaired) electrons. The summed E-state index contributed by atoms with van der Waals surface area (Å²) in [5, 5.41) is 7.75. The number of rotatable bonds is 6. The van der Waals surface area contributed by atoms with E-state index in [2.05, 4.69) is 15.5 Å². The molecule has 2 aromatic carbocycles. The van der Waals surface area contributed by atoms with Crippen LogP contribution in [-0.4, -0.2) is 29.3 Å². The normalized spacial score (nSPS) is 13.6. The van der Waals surface area contributed by atoms with Crippen LogP contribution in [0.1, 0.15) is 11.5 Å². The average Bonchev–Trinajstić information content (AvgIpc) is 3.04. The van der Waals surface area contributed by atoms with E-state index in [0.717, 1.165) is 24.2 Å². The molecule has 142 valence electrons. The first-order chi connectivity index (χ1) is 12.7. The third-order valence-electron chi connectivity index (χ3n) is 4.05. The molecule has 1 saturated heterocycles. The number of hydrogen-bond donors (Lipinski definition) is 1. The Balaban J connectivity index is 0.00000210. The highest BCUT2D eigenvalue weighted by Crippen LogP contribution is 2.32. The molecule has 1 aliphatic heterocycles. The van der Waals surface area contributed by atoms with E-state index < -0.39 is 0 Å². The van der Waals surface area contributed by atoms with Crippen LogP contribution in [0.3, 0.4) is 0 Å². The summed E-state index contributed by atoms with van der Waals surface area (Å²) in [4.78, 5) is 4.25. The number of hydrogen-bond acceptors (Lipinski definition) is 6. The zero-order valence-electron chi connectivity index (χ0n) is 14.6. The number of benzene rings is 2. The van der Waals surface area contributed by atoms with E-state index in [-0.39, 0.29) is 18.5 Å². The van der Waals surface area contributed by atoms with Crippen LogP contribution >= 0.6 is 24.0 Å². The van der Waals surface area contributed by atoms with Crippen molar-refractivity contribution in [2.75, 3.05) is 13.1 Å². The zero-order valence-corrected chi connectivity index (χ0v) is 16.2. The van der Waals surface area contributed by atoms with Gasteiger partial charge in [-0.05, 0) is 23.8 Å². The second-order valence-electron chi connectivity index (χ2n) is 6.12. The molecule has 1 aliphatic rings. The maximum Gasteiger partial charge on any atom is 0.223 e. The lowest BCUT2D eigenvalue weighted by Gasteiger charge is -2.28. The standard InChI is InChI=1S/C19H18ClN3O3.ClH/c1-12-22-19(23-26-12)14-4-2-3-13(7-14)11-24-17-6-5-15(20)8-18(17)25-16-9-21-10-16;/h2-8,16,21H,9-11H2,1H3;1H. The maximum absolute atomic E-state index is 6.10. The molecule has 0 unspecified atom stereocenters. The Labute approximate surface area is 168 Å². The number of nitrogens with one attached hydrogen (secondary N) is 1. The molecule has 4 rings (SSSR count). The van der Waals surface area contributed by atoms with Crippen LogP contribution in [0, 0.1) is 6.92 Å². The van der Waals surface area contributed by atoms with Crippen molar-refractivity contribution in [3.05, 3.63) is 58.9 Å². The fraction of sp³-hybridized carbons (Fsp3) is 0.263. The second-order valence-corrected chi connectivity index (χ2v) is 6.55. The largest absolute Gasteiger partial charge is 0.485 e. The van der Waals surface area contributed by atoms with Crippen LogP contribution in [0.5, 0.6) is 11.5 Å². The summed E-state index contributed by atoms with van der Waals surface area (Å²) in [6.45, 7) is 3.82. The first-order valence-corrected chi connectivity index (χ1v) is 8.74. The molecule has 1 aromatic heterocycles. The first-order valence-electron chi connectivity index (χ1n) is 8.37. The fourth-order valence-corrected chi connectivity index (χ4v) is 2.76. The maximum atomic E-state index is 6.10. The molecule has 3 aromatic rings. The van der Waals surface area contributed by atoms with Crippen molar-refractivity contribution in [1.82, 2.24) is 15.5 Å². The third-order valence-corrected chi connectivity index (χ3v) is 4.29. The van der Waals surface area contributed by atoms with Gasteiger partial charge in [-0.2, -0.15) is 4.98 Å². The van der Waals surface area contributed by atoms with Gasteiger partial charge in [-0.1, -0.05) is 35.0 Å². The van der Waals surface area contributed by atoms with E-state index in [1.54, 1.807) is 19.1 Å². The second kappa shape index (κ2) is 8.61. The third kappa shape index (κ3) is 4.71. The lowest BCUT2D eigenvalue weighted by Crippen LogP contribution is -2.50. The summed E-state index contributed by atoms with van der Waals surface area (Å²) in [5.74, 6) is 2.43. The monoisotopic (exact) mass is 407 g/mol. The Morgan fingerprint density at radius 1 is 1.19 bits per heavy atom. The Morgan fingerprint density at radius 2 is 2.04 bits per heavy atom. The highest BCUT2D eigenvalue weighted by atomic mass is 35.5. The van der Waals surface area contributed by atoms with E-state index in [4.69, 9.17) is 25.6 Å². The van der Waals surface area contributed by atoms with Gasteiger partial charge in [0.1, 0.15) is 12.7 Å². The number of aryl methyl sites for hydroxylation is 1. The topological polar surface area (TPSA) is 69.4 Å². The van der Waals surface area contributed by atoms with Gasteiger partial charge in [-0.3, -0.25) is 0 Å². The molecule has 0 amide bonds. The minimum atomic E-state index is 0. The number of aromatic nitrogens is 2. The van der Waals surface area contributed by atoms with Crippen molar-refractivity contribution in [1.29, 1.82) is 0 Å². The minimum absolute atomic E-state index is 0. The van der Waals surface area contributed by atoms with Crippen molar-refractivity contribution in [3.8, 4) is 22.9 Å². The van der Waals surface area contributed by atoms with Gasteiger partial charge in [0.05, 0.1) is 0 Å². The van der Waals surface area contributed by atoms with Gasteiger partial charge < -0.3 is 19.3 Å². The number of ether oxygens (including phenoxy) is 2. The molecule has 0 bridgehead atoms. The fourth-order valence-electron chi connectivity index (χ4n) is 2.60. The van der Waals surface area contributed by atoms with Gasteiger partial charge in [-0.15, -0.1) is 12.4 Å². The summed E-state index contributed by atoms with van der Waals surface area (Å²) < 4.78 is 17.0. The highest BCUT2D eigenvalue weighted by Gasteiger charge is 2.20. The molecule has 1 N–H and O–H groups in total. The molecule has 2 heterocycles. The molecular weight excluding hydrogens is 389 g/mol. The molecule has 1 fully saturated rings. The van der Waals surface area contributed by atoms with E-state index in [0.29, 0.717) is 34.8 Å². The molecule has 27 heavy (non-hydrogen) atoms. The van der Waals surface area contributed by atoms with E-state index in [1.807, 2.05) is 30.3 Å². The van der Waals surface area contributed by atoms with Crippen molar-refractivity contribution in [2.45, 2.75) is 19.6 Å². The molecule has 8 heteroatoms. The molecule has 0 aliphatic carbocycles. The molecule has 0 spiro atoms. The van der Waals surface area contributed by atoms with Gasteiger partial charge >= 0.3 is 0 Å². The molecule has 0 atom stereocenters. The van der Waals surface area contributed by atoms with Gasteiger partial charge in [0.2, 0.25) is 11.7 Å². The van der Waals surface area contributed by atoms with Crippen molar-refractivity contribution in [2.24, 2.45) is 0 Å². The summed E-state index contributed by atoms with van der Waals surface area (Å²) in [5.41, 5.74) is 1.88. The first kappa shape index (κ1) is 19.5. The highest BCUT2D eigenvalue weighted by molar-refractivity contribution is 6.30. The van der Waals surface area contributed by atoms with Crippen LogP contribution in [0.15, 0.2) is 47.0 Å². The van der Waals surface area contributed by atoms with Crippen LogP contribution < -0.4 is 14.8 Å². The van der Waals surface area contributed by atoms with Crippen LogP contribution in [0.4, 0.5) is 0 Å². The van der Waals surface area contributed by atoms with Crippen molar-refractivity contribution >= 4 is 24.0 Å². The Kier molecular flexibility index (Phi) is 6.21. The number of halogens is 2. The van der Waals surface area contributed by atoms with Crippen LogP contribution in [0.2, 0.25) is 5.02 Å². The van der Waals surface area contributed by atoms with Crippen molar-refractivity contribution < 1.29 is 14.0 Å². The lowest BCUT2D eigenvalue weighted by atomic mass is 10.1. The van der Waals surface area contributed by atoms with Gasteiger partial charge in [0.25, 0.3) is 0 Å². The predicted molar refractivity (Wildman–Crippen MR) is 105 cm³/mol. The smallest absolute Gasteiger partial charge is 0.223 e. The SMILES string of the molecule is Cc1nc(-c2cccc(COc3ccc(Cl)cc3OC3CNC3)c2)no1.Cl. The average molecular weight is 408 g/mol. The zero-order chi connectivity index (χ0) is 17.9. The molecule has 6 nitrogen and oxygen atoms in total. The summed E-state index contributed by atoms with van der Waals surface area (Å²) >= 11 is 6.10. The van der Waals surface area contributed by atoms with E-state index in [1.165, 1.54) is 0 Å². The minimum Gasteiger partial charge on any atom is -0.485 e. The van der Waals surface area contributed by atoms with Gasteiger partial charge in [0.15, 0.2) is 11.5 Å². The Hall–Kier alpha value is -2.28. The van der Waals surface area contributed by atoms with Crippen LogP contribution in [0.25, 0.3) is 11.4 Å². The quantitative estimate of drug-likeness (QED) is 0.664. The molecular formula is C19H19Cl2N3O3. The summed E-state index contributed by atoms with van der Waals surface area (Å²) in [6.07, 6.45) is 0.153. The Bertz CT molecular complexity index is 913. The predicted octanol–water partition coefficient (Wildman–Crippen LogP) is 4.05. The van der Waals surface area contributed by atoms with Gasteiger partial charge in [-0.25, -0.2) is 0 Å². The lowest BCUT2D eigenvalue weighted by molar-refractivity contribution is 0.134. The van der Waals surface area contributed by atoms with E-state index >= 15 is 0 Å². The summed E-state index contributed by atoms with van der Waals surface area (Å²) in [6, 6.07) is 13.3. The van der Waals surface area contributed by atoms with Crippen LogP contribution in [-0.2, 0) is 6.61 Å². The Morgan fingerprint density at radius 3 is 2.74 bits per heavy atom. The van der Waals surface area contributed by atoms with E-state index in [9.17, 15) is 0 Å². The number of nitrogens with zero attached hydrogens (tertiary/aromatic N) is 2. The summed E-state index contributed by atoms with van der Waals surface area (Å²) in [7, 11) is 0.